The van der Waals surface area contributed by atoms with Gasteiger partial charge in [0.2, 0.25) is 10.0 Å². The van der Waals surface area contributed by atoms with Crippen LogP contribution in [0.1, 0.15) is 12.0 Å². The van der Waals surface area contributed by atoms with Gasteiger partial charge < -0.3 is 10.6 Å². The molecule has 0 atom stereocenters. The molecule has 1 fully saturated rings. The van der Waals surface area contributed by atoms with Crippen molar-refractivity contribution < 1.29 is 8.42 Å². The number of nitrogens with zero attached hydrogens (tertiary/aromatic N) is 2. The molecule has 1 aliphatic heterocycles. The second kappa shape index (κ2) is 10.7. The fraction of sp³-hybridized carbons (Fsp3) is 0.588. The zero-order valence-corrected chi connectivity index (χ0v) is 16.4. The summed E-state index contributed by atoms with van der Waals surface area (Å²) in [5.41, 5.74) is 1.32. The zero-order valence-electron chi connectivity index (χ0n) is 14.8. The summed E-state index contributed by atoms with van der Waals surface area (Å²) in [7, 11) is -1.48. The van der Waals surface area contributed by atoms with Gasteiger partial charge in [-0.2, -0.15) is 11.8 Å². The Kier molecular flexibility index (Phi) is 8.57. The van der Waals surface area contributed by atoms with Crippen molar-refractivity contribution in [3.63, 3.8) is 0 Å². The summed E-state index contributed by atoms with van der Waals surface area (Å²) < 4.78 is 26.2. The Hall–Kier alpha value is -1.25. The van der Waals surface area contributed by atoms with E-state index in [4.69, 9.17) is 0 Å². The first kappa shape index (κ1) is 20.1. The first-order valence-corrected chi connectivity index (χ1v) is 11.4. The van der Waals surface area contributed by atoms with Gasteiger partial charge in [-0.15, -0.1) is 0 Å². The molecule has 1 aromatic rings. The van der Waals surface area contributed by atoms with E-state index in [-0.39, 0.29) is 5.75 Å². The number of hydrogen-bond acceptors (Lipinski definition) is 4. The highest BCUT2D eigenvalue weighted by molar-refractivity contribution is 7.99. The number of aryl methyl sites for hydroxylation is 1. The molecule has 0 amide bonds. The maximum absolute atomic E-state index is 12.3. The predicted octanol–water partition coefficient (Wildman–Crippen LogP) is 1.16. The van der Waals surface area contributed by atoms with E-state index in [2.05, 4.69) is 27.8 Å². The first-order valence-electron chi connectivity index (χ1n) is 8.66. The maximum atomic E-state index is 12.3. The summed E-state index contributed by atoms with van der Waals surface area (Å²) in [6.07, 6.45) is 2.00. The van der Waals surface area contributed by atoms with Crippen LogP contribution in [-0.2, 0) is 16.4 Å². The van der Waals surface area contributed by atoms with E-state index in [1.807, 2.05) is 18.2 Å². The molecule has 1 heterocycles. The molecule has 0 saturated carbocycles. The number of thioether (sulfide) groups is 1. The van der Waals surface area contributed by atoms with Crippen LogP contribution in [0, 0.1) is 0 Å². The van der Waals surface area contributed by atoms with Crippen molar-refractivity contribution in [1.82, 2.24) is 14.9 Å². The van der Waals surface area contributed by atoms with Gasteiger partial charge in [0.1, 0.15) is 0 Å². The fourth-order valence-electron chi connectivity index (χ4n) is 2.62. The van der Waals surface area contributed by atoms with Crippen molar-refractivity contribution in [3.05, 3.63) is 35.9 Å². The topological polar surface area (TPSA) is 73.8 Å². The Morgan fingerprint density at radius 1 is 1.16 bits per heavy atom. The Morgan fingerprint density at radius 3 is 2.52 bits per heavy atom. The van der Waals surface area contributed by atoms with E-state index < -0.39 is 10.0 Å². The molecule has 0 spiro atoms. The third-order valence-corrected chi connectivity index (χ3v) is 6.83. The summed E-state index contributed by atoms with van der Waals surface area (Å²) in [4.78, 5) is 4.15. The van der Waals surface area contributed by atoms with E-state index in [0.717, 1.165) is 30.9 Å². The number of aliphatic imine (C=N–C) groups is 1. The summed E-state index contributed by atoms with van der Waals surface area (Å²) in [5.74, 6) is 2.52. The van der Waals surface area contributed by atoms with Crippen LogP contribution in [0.25, 0.3) is 0 Å². The predicted molar refractivity (Wildman–Crippen MR) is 107 cm³/mol. The molecule has 0 aliphatic carbocycles. The minimum atomic E-state index is -3.17. The number of guanidine groups is 1. The number of benzene rings is 1. The summed E-state index contributed by atoms with van der Waals surface area (Å²) in [6.45, 7) is 2.41. The van der Waals surface area contributed by atoms with Crippen LogP contribution >= 0.6 is 11.8 Å². The Balaban J connectivity index is 1.64. The SMILES string of the molecule is CN=C(NCCCc1ccccc1)NCCS(=O)(=O)N1CCSCC1. The Morgan fingerprint density at radius 2 is 1.84 bits per heavy atom. The molecular weight excluding hydrogens is 356 g/mol. The lowest BCUT2D eigenvalue weighted by molar-refractivity contribution is 0.443. The van der Waals surface area contributed by atoms with Gasteiger partial charge in [0.15, 0.2) is 5.96 Å². The van der Waals surface area contributed by atoms with Gasteiger partial charge in [-0.1, -0.05) is 30.3 Å². The van der Waals surface area contributed by atoms with E-state index in [1.54, 1.807) is 23.1 Å². The van der Waals surface area contributed by atoms with Crippen LogP contribution in [-0.4, -0.2) is 69.2 Å². The molecule has 1 aromatic carbocycles. The van der Waals surface area contributed by atoms with Gasteiger partial charge in [-0.05, 0) is 18.4 Å². The monoisotopic (exact) mass is 384 g/mol. The van der Waals surface area contributed by atoms with Crippen LogP contribution in [0.5, 0.6) is 0 Å². The number of rotatable bonds is 8. The summed E-state index contributed by atoms with van der Waals surface area (Å²) in [6, 6.07) is 10.4. The lowest BCUT2D eigenvalue weighted by atomic mass is 10.1. The molecule has 8 heteroatoms. The fourth-order valence-corrected chi connectivity index (χ4v) is 5.11. The van der Waals surface area contributed by atoms with Crippen molar-refractivity contribution in [2.24, 2.45) is 4.99 Å². The average Bonchev–Trinajstić information content (AvgIpc) is 2.65. The molecule has 1 aliphatic rings. The second-order valence-corrected chi connectivity index (χ2v) is 9.16. The molecule has 0 unspecified atom stereocenters. The van der Waals surface area contributed by atoms with Gasteiger partial charge in [-0.3, -0.25) is 4.99 Å². The highest BCUT2D eigenvalue weighted by Crippen LogP contribution is 2.12. The molecule has 0 radical (unpaired) electrons. The van der Waals surface area contributed by atoms with Crippen LogP contribution < -0.4 is 10.6 Å². The Labute approximate surface area is 155 Å². The summed E-state index contributed by atoms with van der Waals surface area (Å²) in [5, 5.41) is 6.32. The number of hydrogen-bond donors (Lipinski definition) is 2. The summed E-state index contributed by atoms with van der Waals surface area (Å²) >= 11 is 1.81. The van der Waals surface area contributed by atoms with E-state index >= 15 is 0 Å². The quantitative estimate of drug-likeness (QED) is 0.400. The molecule has 140 valence electrons. The van der Waals surface area contributed by atoms with Crippen LogP contribution in [0.2, 0.25) is 0 Å². The maximum Gasteiger partial charge on any atom is 0.215 e. The molecule has 2 rings (SSSR count). The van der Waals surface area contributed by atoms with Crippen LogP contribution in [0.4, 0.5) is 0 Å². The number of nitrogens with one attached hydrogen (secondary N) is 2. The van der Waals surface area contributed by atoms with Crippen LogP contribution in [0.15, 0.2) is 35.3 Å². The molecular formula is C17H28N4O2S2. The van der Waals surface area contributed by atoms with E-state index in [9.17, 15) is 8.42 Å². The van der Waals surface area contributed by atoms with E-state index in [1.165, 1.54) is 5.56 Å². The first-order chi connectivity index (χ1) is 12.1. The van der Waals surface area contributed by atoms with Gasteiger partial charge in [0.05, 0.1) is 5.75 Å². The standard InChI is InChI=1S/C17H28N4O2S2/c1-18-17(19-9-5-8-16-6-3-2-4-7-16)20-10-15-25(22,23)21-11-13-24-14-12-21/h2-4,6-7H,5,8-15H2,1H3,(H2,18,19,20). The molecule has 0 aromatic heterocycles. The molecule has 25 heavy (non-hydrogen) atoms. The zero-order chi connectivity index (χ0) is 18.0. The van der Waals surface area contributed by atoms with Crippen molar-refractivity contribution >= 4 is 27.7 Å². The van der Waals surface area contributed by atoms with Crippen molar-refractivity contribution in [3.8, 4) is 0 Å². The van der Waals surface area contributed by atoms with Crippen molar-refractivity contribution in [2.75, 3.05) is 50.5 Å². The van der Waals surface area contributed by atoms with Gasteiger partial charge >= 0.3 is 0 Å². The molecule has 1 saturated heterocycles. The minimum Gasteiger partial charge on any atom is -0.356 e. The van der Waals surface area contributed by atoms with Crippen LogP contribution in [0.3, 0.4) is 0 Å². The van der Waals surface area contributed by atoms with Crippen molar-refractivity contribution in [2.45, 2.75) is 12.8 Å². The van der Waals surface area contributed by atoms with Gasteiger partial charge in [0, 0.05) is 44.7 Å². The lowest BCUT2D eigenvalue weighted by Crippen LogP contribution is -2.44. The largest absolute Gasteiger partial charge is 0.356 e. The lowest BCUT2D eigenvalue weighted by Gasteiger charge is -2.25. The highest BCUT2D eigenvalue weighted by Gasteiger charge is 2.23. The highest BCUT2D eigenvalue weighted by atomic mass is 32.2. The normalized spacial score (nSPS) is 16.6. The smallest absolute Gasteiger partial charge is 0.215 e. The average molecular weight is 385 g/mol. The second-order valence-electron chi connectivity index (χ2n) is 5.84. The van der Waals surface area contributed by atoms with Gasteiger partial charge in [-0.25, -0.2) is 12.7 Å². The third kappa shape index (κ3) is 7.25. The number of sulfonamides is 1. The minimum absolute atomic E-state index is 0.0996. The van der Waals surface area contributed by atoms with Crippen molar-refractivity contribution in [1.29, 1.82) is 0 Å². The molecule has 0 bridgehead atoms. The molecule has 2 N–H and O–H groups in total. The van der Waals surface area contributed by atoms with Gasteiger partial charge in [0.25, 0.3) is 0 Å². The third-order valence-electron chi connectivity index (χ3n) is 4.02. The van der Waals surface area contributed by atoms with E-state index in [0.29, 0.717) is 25.6 Å². The Bertz CT molecular complexity index is 629. The molecule has 6 nitrogen and oxygen atoms in total.